The molecule has 0 N–H and O–H groups in total. The van der Waals surface area contributed by atoms with Crippen LogP contribution in [-0.4, -0.2) is 70.2 Å². The molecule has 3 rings (SSSR count). The van der Waals surface area contributed by atoms with E-state index >= 15 is 0 Å². The van der Waals surface area contributed by atoms with Gasteiger partial charge in [0.2, 0.25) is 10.0 Å². The number of methoxy groups -OCH3 is 1. The fourth-order valence-corrected chi connectivity index (χ4v) is 5.26. The molecule has 2 saturated heterocycles. The van der Waals surface area contributed by atoms with Crippen molar-refractivity contribution in [2.45, 2.75) is 42.2 Å². The van der Waals surface area contributed by atoms with Crippen molar-refractivity contribution in [3.8, 4) is 5.75 Å². The molecular weight excluding hydrogens is 340 g/mol. The number of ether oxygens (including phenoxy) is 2. The molecule has 2 aliphatic rings. The fraction of sp³-hybridized carbons (Fsp3) is 0.667. The lowest BCUT2D eigenvalue weighted by atomic mass is 9.82. The predicted molar refractivity (Wildman–Crippen MR) is 96.4 cm³/mol. The van der Waals surface area contributed by atoms with Crippen LogP contribution in [-0.2, 0) is 14.8 Å². The molecule has 2 fully saturated rings. The van der Waals surface area contributed by atoms with Gasteiger partial charge in [0.15, 0.2) is 0 Å². The van der Waals surface area contributed by atoms with Crippen molar-refractivity contribution >= 4 is 10.0 Å². The highest BCUT2D eigenvalue weighted by molar-refractivity contribution is 7.89. The third kappa shape index (κ3) is 3.84. The van der Waals surface area contributed by atoms with E-state index in [4.69, 9.17) is 9.47 Å². The average molecular weight is 368 g/mol. The van der Waals surface area contributed by atoms with Crippen molar-refractivity contribution in [2.24, 2.45) is 0 Å². The zero-order valence-electron chi connectivity index (χ0n) is 15.3. The van der Waals surface area contributed by atoms with Gasteiger partial charge in [-0.25, -0.2) is 8.42 Å². The summed E-state index contributed by atoms with van der Waals surface area (Å²) in [6.45, 7) is 1.77. The lowest BCUT2D eigenvalue weighted by Crippen LogP contribution is -2.53. The summed E-state index contributed by atoms with van der Waals surface area (Å²) in [5.41, 5.74) is -0.168. The maximum absolute atomic E-state index is 12.9. The largest absolute Gasteiger partial charge is 0.497 e. The molecule has 0 radical (unpaired) electrons. The summed E-state index contributed by atoms with van der Waals surface area (Å²) in [4.78, 5) is 2.57. The van der Waals surface area contributed by atoms with Gasteiger partial charge < -0.3 is 14.4 Å². The van der Waals surface area contributed by atoms with Crippen molar-refractivity contribution in [1.82, 2.24) is 9.21 Å². The molecule has 25 heavy (non-hydrogen) atoms. The maximum Gasteiger partial charge on any atom is 0.243 e. The van der Waals surface area contributed by atoms with Gasteiger partial charge in [0.05, 0.1) is 17.6 Å². The topological polar surface area (TPSA) is 59.1 Å². The Morgan fingerprint density at radius 2 is 1.84 bits per heavy atom. The number of benzene rings is 1. The fourth-order valence-electron chi connectivity index (χ4n) is 3.82. The van der Waals surface area contributed by atoms with E-state index in [0.29, 0.717) is 29.8 Å². The van der Waals surface area contributed by atoms with Gasteiger partial charge in [-0.15, -0.1) is 0 Å². The minimum absolute atomic E-state index is 0.168. The summed E-state index contributed by atoms with van der Waals surface area (Å²) in [5, 5.41) is 0. The van der Waals surface area contributed by atoms with Crippen LogP contribution >= 0.6 is 0 Å². The van der Waals surface area contributed by atoms with Crippen molar-refractivity contribution in [3.63, 3.8) is 0 Å². The highest BCUT2D eigenvalue weighted by atomic mass is 32.2. The van der Waals surface area contributed by atoms with Crippen LogP contribution < -0.4 is 4.74 Å². The van der Waals surface area contributed by atoms with Crippen LogP contribution in [0.2, 0.25) is 0 Å². The third-order valence-electron chi connectivity index (χ3n) is 5.53. The minimum atomic E-state index is -3.46. The normalized spacial score (nSPS) is 24.6. The second-order valence-corrected chi connectivity index (χ2v) is 9.16. The van der Waals surface area contributed by atoms with Crippen LogP contribution in [0.3, 0.4) is 0 Å². The zero-order valence-corrected chi connectivity index (χ0v) is 16.1. The molecule has 2 aliphatic heterocycles. The average Bonchev–Trinajstić information content (AvgIpc) is 2.62. The lowest BCUT2D eigenvalue weighted by molar-refractivity contribution is -0.123. The molecule has 1 unspecified atom stereocenters. The molecule has 0 aliphatic carbocycles. The standard InChI is InChI=1S/C18H28N2O4S/c1-19(2)15-8-13-24-18(14-15)9-11-20(12-10-18)25(21,22)17-6-4-16(23-3)5-7-17/h4-7,15H,8-14H2,1-3H3. The summed E-state index contributed by atoms with van der Waals surface area (Å²) < 4.78 is 38.5. The van der Waals surface area contributed by atoms with E-state index in [0.717, 1.165) is 32.3 Å². The first-order chi connectivity index (χ1) is 11.9. The first kappa shape index (κ1) is 18.6. The summed E-state index contributed by atoms with van der Waals surface area (Å²) in [6.07, 6.45) is 3.54. The van der Waals surface area contributed by atoms with Gasteiger partial charge in [-0.05, 0) is 64.0 Å². The van der Waals surface area contributed by atoms with Crippen LogP contribution in [0.1, 0.15) is 25.7 Å². The predicted octanol–water partition coefficient (Wildman–Crippen LogP) is 1.96. The van der Waals surface area contributed by atoms with Crippen molar-refractivity contribution in [1.29, 1.82) is 0 Å². The van der Waals surface area contributed by atoms with Crippen LogP contribution in [0.4, 0.5) is 0 Å². The van der Waals surface area contributed by atoms with E-state index in [2.05, 4.69) is 19.0 Å². The van der Waals surface area contributed by atoms with E-state index in [1.165, 1.54) is 0 Å². The number of rotatable bonds is 4. The Labute approximate surface area is 150 Å². The quantitative estimate of drug-likeness (QED) is 0.813. The van der Waals surface area contributed by atoms with Gasteiger partial charge in [-0.2, -0.15) is 4.31 Å². The summed E-state index contributed by atoms with van der Waals surface area (Å²) >= 11 is 0. The summed E-state index contributed by atoms with van der Waals surface area (Å²) in [6, 6.07) is 7.10. The number of nitrogens with zero attached hydrogens (tertiary/aromatic N) is 2. The van der Waals surface area contributed by atoms with Crippen molar-refractivity contribution in [3.05, 3.63) is 24.3 Å². The van der Waals surface area contributed by atoms with Gasteiger partial charge in [-0.1, -0.05) is 0 Å². The first-order valence-electron chi connectivity index (χ1n) is 8.81. The highest BCUT2D eigenvalue weighted by Crippen LogP contribution is 2.37. The summed E-state index contributed by atoms with van der Waals surface area (Å²) in [5.74, 6) is 0.655. The van der Waals surface area contributed by atoms with Crippen molar-refractivity contribution in [2.75, 3.05) is 40.9 Å². The number of hydrogen-bond donors (Lipinski definition) is 0. The van der Waals surface area contributed by atoms with E-state index < -0.39 is 10.0 Å². The molecule has 1 aromatic carbocycles. The molecule has 2 heterocycles. The van der Waals surface area contributed by atoms with Gasteiger partial charge in [0.25, 0.3) is 0 Å². The lowest BCUT2D eigenvalue weighted by Gasteiger charge is -2.47. The van der Waals surface area contributed by atoms with Crippen molar-refractivity contribution < 1.29 is 17.9 Å². The van der Waals surface area contributed by atoms with E-state index in [1.54, 1.807) is 35.7 Å². The second kappa shape index (κ2) is 7.23. The smallest absolute Gasteiger partial charge is 0.243 e. The SMILES string of the molecule is COc1ccc(S(=O)(=O)N2CCC3(CC2)CC(N(C)C)CCO3)cc1. The van der Waals surface area contributed by atoms with E-state index in [9.17, 15) is 8.42 Å². The molecule has 7 heteroatoms. The van der Waals surface area contributed by atoms with E-state index in [-0.39, 0.29) is 5.60 Å². The van der Waals surface area contributed by atoms with Crippen LogP contribution in [0.5, 0.6) is 5.75 Å². The molecule has 1 spiro atoms. The third-order valence-corrected chi connectivity index (χ3v) is 7.44. The van der Waals surface area contributed by atoms with Gasteiger partial charge in [0, 0.05) is 25.7 Å². The van der Waals surface area contributed by atoms with Crippen LogP contribution in [0.25, 0.3) is 0 Å². The Morgan fingerprint density at radius 3 is 2.40 bits per heavy atom. The zero-order chi connectivity index (χ0) is 18.1. The summed E-state index contributed by atoms with van der Waals surface area (Å²) in [7, 11) is 2.32. The van der Waals surface area contributed by atoms with E-state index in [1.807, 2.05) is 0 Å². The van der Waals surface area contributed by atoms with Gasteiger partial charge in [0.1, 0.15) is 5.75 Å². The number of sulfonamides is 1. The molecule has 0 aromatic heterocycles. The maximum atomic E-state index is 12.9. The molecule has 6 nitrogen and oxygen atoms in total. The Bertz CT molecular complexity index is 680. The molecule has 0 amide bonds. The molecule has 1 atom stereocenters. The molecular formula is C18H28N2O4S. The molecule has 0 bridgehead atoms. The number of hydrogen-bond acceptors (Lipinski definition) is 5. The van der Waals surface area contributed by atoms with Crippen LogP contribution in [0, 0.1) is 0 Å². The minimum Gasteiger partial charge on any atom is -0.497 e. The molecule has 0 saturated carbocycles. The molecule has 1 aromatic rings. The Morgan fingerprint density at radius 1 is 1.20 bits per heavy atom. The van der Waals surface area contributed by atoms with Gasteiger partial charge in [-0.3, -0.25) is 0 Å². The molecule has 140 valence electrons. The number of piperidine rings is 1. The van der Waals surface area contributed by atoms with Gasteiger partial charge >= 0.3 is 0 Å². The Kier molecular flexibility index (Phi) is 5.39. The Hall–Kier alpha value is -1.15. The first-order valence-corrected chi connectivity index (χ1v) is 10.2. The van der Waals surface area contributed by atoms with Crippen LogP contribution in [0.15, 0.2) is 29.2 Å². The monoisotopic (exact) mass is 368 g/mol. The Balaban J connectivity index is 1.68. The second-order valence-electron chi connectivity index (χ2n) is 7.22. The highest BCUT2D eigenvalue weighted by Gasteiger charge is 2.43.